The predicted octanol–water partition coefficient (Wildman–Crippen LogP) is 3.49. The van der Waals surface area contributed by atoms with Gasteiger partial charge in [0.15, 0.2) is 5.65 Å². The van der Waals surface area contributed by atoms with E-state index in [0.717, 1.165) is 41.9 Å². The van der Waals surface area contributed by atoms with Crippen LogP contribution in [0.1, 0.15) is 20.3 Å². The Morgan fingerprint density at radius 1 is 1.40 bits per heavy atom. The first kappa shape index (κ1) is 17.2. The third kappa shape index (κ3) is 4.09. The number of H-pyrrole nitrogens is 1. The van der Waals surface area contributed by atoms with E-state index in [0.29, 0.717) is 5.88 Å². The number of hydrogen-bond acceptors (Lipinski definition) is 5. The molecule has 2 N–H and O–H groups in total. The van der Waals surface area contributed by atoms with Crippen molar-refractivity contribution in [2.45, 2.75) is 26.4 Å². The van der Waals surface area contributed by atoms with Crippen LogP contribution in [0.5, 0.6) is 5.88 Å². The van der Waals surface area contributed by atoms with Crippen molar-refractivity contribution in [2.75, 3.05) is 25.5 Å². The van der Waals surface area contributed by atoms with Gasteiger partial charge in [-0.1, -0.05) is 24.3 Å². The Morgan fingerprint density at radius 3 is 3.00 bits per heavy atom. The highest BCUT2D eigenvalue weighted by Gasteiger charge is 2.23. The number of likely N-dealkylation sites (tertiary alicyclic amines) is 1. The Morgan fingerprint density at radius 2 is 2.28 bits per heavy atom. The molecule has 1 saturated heterocycles. The molecule has 0 aromatic carbocycles. The molecule has 1 unspecified atom stereocenters. The number of ether oxygens (including phenoxy) is 1. The first-order valence-corrected chi connectivity index (χ1v) is 8.62. The SMILES string of the molecule is C\C=C/C=C\C(=C/C)Nc1ccnc2[nH]nc(OC3CCN(C)C3)c12. The standard InChI is InChI=1S/C19H25N5O/c1-4-6-7-8-14(5-2)21-16-9-11-20-18-17(16)19(23-22-18)25-15-10-12-24(3)13-15/h4-9,11,15H,10,12-13H2,1-3H3,(H2,20,21,22,23)/b6-4-,8-7-,14-5+. The van der Waals surface area contributed by atoms with Gasteiger partial charge in [-0.15, -0.1) is 5.10 Å². The number of allylic oxidation sites excluding steroid dienone is 5. The van der Waals surface area contributed by atoms with Crippen LogP contribution in [0.3, 0.4) is 0 Å². The fraction of sp³-hybridized carbons (Fsp3) is 0.368. The third-order valence-corrected chi connectivity index (χ3v) is 4.22. The highest BCUT2D eigenvalue weighted by Crippen LogP contribution is 2.31. The number of pyridine rings is 1. The van der Waals surface area contributed by atoms with Gasteiger partial charge in [0.1, 0.15) is 11.5 Å². The molecule has 2 aromatic rings. The minimum atomic E-state index is 0.167. The summed E-state index contributed by atoms with van der Waals surface area (Å²) in [6.07, 6.45) is 13.0. The molecule has 0 saturated carbocycles. The maximum absolute atomic E-state index is 6.14. The maximum atomic E-state index is 6.14. The largest absolute Gasteiger partial charge is 0.471 e. The van der Waals surface area contributed by atoms with Crippen molar-refractivity contribution in [2.24, 2.45) is 0 Å². The fourth-order valence-electron chi connectivity index (χ4n) is 2.90. The molecule has 132 valence electrons. The van der Waals surface area contributed by atoms with E-state index < -0.39 is 0 Å². The summed E-state index contributed by atoms with van der Waals surface area (Å²) in [6.45, 7) is 5.97. The van der Waals surface area contributed by atoms with Crippen molar-refractivity contribution in [3.8, 4) is 5.88 Å². The lowest BCUT2D eigenvalue weighted by Gasteiger charge is -2.13. The summed E-state index contributed by atoms with van der Waals surface area (Å²) in [7, 11) is 2.11. The lowest BCUT2D eigenvalue weighted by Crippen LogP contribution is -2.21. The number of fused-ring (bicyclic) bond motifs is 1. The van der Waals surface area contributed by atoms with Gasteiger partial charge in [0.25, 0.3) is 0 Å². The summed E-state index contributed by atoms with van der Waals surface area (Å²) in [4.78, 5) is 6.63. The molecule has 1 fully saturated rings. The molecule has 3 rings (SSSR count). The molecular formula is C19H25N5O. The smallest absolute Gasteiger partial charge is 0.244 e. The summed E-state index contributed by atoms with van der Waals surface area (Å²) < 4.78 is 6.14. The van der Waals surface area contributed by atoms with E-state index in [1.165, 1.54) is 0 Å². The van der Waals surface area contributed by atoms with Gasteiger partial charge in [-0.25, -0.2) is 4.98 Å². The summed E-state index contributed by atoms with van der Waals surface area (Å²) in [5.74, 6) is 0.610. The van der Waals surface area contributed by atoms with Crippen LogP contribution in [0.25, 0.3) is 11.0 Å². The fourth-order valence-corrected chi connectivity index (χ4v) is 2.90. The van der Waals surface area contributed by atoms with Gasteiger partial charge in [0.05, 0.1) is 5.69 Å². The Kier molecular flexibility index (Phi) is 5.50. The van der Waals surface area contributed by atoms with Crippen LogP contribution >= 0.6 is 0 Å². The number of aromatic amines is 1. The minimum absolute atomic E-state index is 0.167. The molecule has 0 radical (unpaired) electrons. The van der Waals surface area contributed by atoms with Crippen molar-refractivity contribution in [3.63, 3.8) is 0 Å². The number of rotatable bonds is 6. The first-order valence-electron chi connectivity index (χ1n) is 8.62. The van der Waals surface area contributed by atoms with Gasteiger partial charge < -0.3 is 15.0 Å². The van der Waals surface area contributed by atoms with Gasteiger partial charge in [-0.05, 0) is 39.5 Å². The van der Waals surface area contributed by atoms with Crippen molar-refractivity contribution in [1.29, 1.82) is 0 Å². The molecule has 0 bridgehead atoms. The quantitative estimate of drug-likeness (QED) is 0.789. The zero-order chi connectivity index (χ0) is 17.6. The van der Waals surface area contributed by atoms with Crippen molar-refractivity contribution < 1.29 is 4.74 Å². The van der Waals surface area contributed by atoms with Crippen molar-refractivity contribution >= 4 is 16.7 Å². The van der Waals surface area contributed by atoms with Crippen LogP contribution in [-0.2, 0) is 0 Å². The van der Waals surface area contributed by atoms with E-state index in [4.69, 9.17) is 4.74 Å². The molecule has 0 amide bonds. The lowest BCUT2D eigenvalue weighted by atomic mass is 10.2. The molecule has 6 nitrogen and oxygen atoms in total. The molecule has 1 aliphatic heterocycles. The van der Waals surface area contributed by atoms with Crippen LogP contribution < -0.4 is 10.1 Å². The molecule has 0 aliphatic carbocycles. The molecule has 1 atom stereocenters. The average molecular weight is 339 g/mol. The topological polar surface area (TPSA) is 66.1 Å². The Balaban J connectivity index is 1.86. The van der Waals surface area contributed by atoms with Crippen LogP contribution in [0.15, 0.2) is 48.3 Å². The third-order valence-electron chi connectivity index (χ3n) is 4.22. The molecule has 25 heavy (non-hydrogen) atoms. The maximum Gasteiger partial charge on any atom is 0.244 e. The number of anilines is 1. The minimum Gasteiger partial charge on any atom is -0.471 e. The van der Waals surface area contributed by atoms with Gasteiger partial charge in [0, 0.05) is 25.0 Å². The molecule has 1 aliphatic rings. The number of nitrogens with one attached hydrogen (secondary N) is 2. The van der Waals surface area contributed by atoms with E-state index in [1.54, 1.807) is 6.20 Å². The monoisotopic (exact) mass is 339 g/mol. The summed E-state index contributed by atoms with van der Waals surface area (Å²) >= 11 is 0. The zero-order valence-corrected chi connectivity index (χ0v) is 15.0. The highest BCUT2D eigenvalue weighted by molar-refractivity contribution is 5.94. The molecular weight excluding hydrogens is 314 g/mol. The molecule has 0 spiro atoms. The van der Waals surface area contributed by atoms with Crippen molar-refractivity contribution in [3.05, 3.63) is 48.3 Å². The normalized spacial score (nSPS) is 19.5. The highest BCUT2D eigenvalue weighted by atomic mass is 16.5. The molecule has 6 heteroatoms. The summed E-state index contributed by atoms with van der Waals surface area (Å²) in [6, 6.07) is 1.94. The number of aromatic nitrogens is 3. The average Bonchev–Trinajstić information content (AvgIpc) is 3.21. The number of hydrogen-bond donors (Lipinski definition) is 2. The van der Waals surface area contributed by atoms with E-state index in [1.807, 2.05) is 50.3 Å². The van der Waals surface area contributed by atoms with E-state index >= 15 is 0 Å². The van der Waals surface area contributed by atoms with Crippen LogP contribution in [0.4, 0.5) is 5.69 Å². The van der Waals surface area contributed by atoms with Gasteiger partial charge >= 0.3 is 0 Å². The van der Waals surface area contributed by atoms with E-state index in [9.17, 15) is 0 Å². The molecule has 2 aromatic heterocycles. The molecule has 3 heterocycles. The summed E-state index contributed by atoms with van der Waals surface area (Å²) in [5, 5.41) is 11.6. The second kappa shape index (κ2) is 7.98. The zero-order valence-electron chi connectivity index (χ0n) is 15.0. The summed E-state index contributed by atoms with van der Waals surface area (Å²) in [5.41, 5.74) is 2.65. The number of likely N-dealkylation sites (N-methyl/N-ethyl adjacent to an activating group) is 1. The lowest BCUT2D eigenvalue weighted by molar-refractivity contribution is 0.202. The van der Waals surface area contributed by atoms with Crippen LogP contribution in [0, 0.1) is 0 Å². The second-order valence-electron chi connectivity index (χ2n) is 6.16. The van der Waals surface area contributed by atoms with E-state index in [-0.39, 0.29) is 6.10 Å². The Hall–Kier alpha value is -2.60. The Labute approximate surface area is 148 Å². The van der Waals surface area contributed by atoms with Crippen molar-refractivity contribution in [1.82, 2.24) is 20.1 Å². The second-order valence-corrected chi connectivity index (χ2v) is 6.16. The Bertz CT molecular complexity index is 805. The first-order chi connectivity index (χ1) is 12.2. The number of nitrogens with zero attached hydrogens (tertiary/aromatic N) is 3. The van der Waals surface area contributed by atoms with Gasteiger partial charge in [-0.3, -0.25) is 5.10 Å². The van der Waals surface area contributed by atoms with Gasteiger partial charge in [-0.2, -0.15) is 0 Å². The predicted molar refractivity (Wildman–Crippen MR) is 102 cm³/mol. The van der Waals surface area contributed by atoms with Gasteiger partial charge in [0.2, 0.25) is 5.88 Å². The van der Waals surface area contributed by atoms with E-state index in [2.05, 4.69) is 32.4 Å². The van der Waals surface area contributed by atoms with Crippen LogP contribution in [-0.4, -0.2) is 46.3 Å². The van der Waals surface area contributed by atoms with Crippen LogP contribution in [0.2, 0.25) is 0 Å².